The summed E-state index contributed by atoms with van der Waals surface area (Å²) >= 11 is 0. The van der Waals surface area contributed by atoms with E-state index in [0.717, 1.165) is 63.3 Å². The van der Waals surface area contributed by atoms with Gasteiger partial charge in [0.1, 0.15) is 11.6 Å². The number of rotatable bonds is 12. The van der Waals surface area contributed by atoms with Crippen LogP contribution in [0.2, 0.25) is 0 Å². The summed E-state index contributed by atoms with van der Waals surface area (Å²) in [4.78, 5) is 36.7. The number of para-hydroxylation sites is 1. The van der Waals surface area contributed by atoms with Gasteiger partial charge in [0.25, 0.3) is 30.1 Å². The standard InChI is InChI=1S/C50H30F2N2O7S2.C26H16F3NO4S/c51-42-24-28-48(54-63(59,60)44-26-23-36-8-2-4-11-40(36)32-44)41(30-42)21-15-33-13-19-38(20-14-33)49(55)61-50(56)45-27-17-34(29-46(45)52)16-18-37-9-5-6-12-47(37)53-62(57,58)43-25-22-35-7-1-3-10-39(35)31-43;27-26(28,29)22-13-11-19(8-5-17-6-9-20(10-7-17)25(31)32)24(16-22)30-35(33,34)23-14-12-18-3-1-2-4-21(18)15-23/h1-14,17,19-20,22-32,53-54H;1-4,6-7,9-16,30H,(H,31,32). The van der Waals surface area contributed by atoms with Crippen LogP contribution in [0, 0.1) is 47.2 Å². The van der Waals surface area contributed by atoms with Crippen LogP contribution in [-0.4, -0.2) is 48.3 Å². The van der Waals surface area contributed by atoms with Crippen LogP contribution in [0.15, 0.2) is 269 Å². The van der Waals surface area contributed by atoms with Crippen LogP contribution in [0.3, 0.4) is 0 Å². The maximum absolute atomic E-state index is 15.2. The Bertz CT molecular complexity index is 5760. The summed E-state index contributed by atoms with van der Waals surface area (Å²) in [5.74, 6) is 11.5. The maximum Gasteiger partial charge on any atom is 0.416 e. The van der Waals surface area contributed by atoms with Crippen molar-refractivity contribution in [3.05, 3.63) is 322 Å². The van der Waals surface area contributed by atoms with Crippen LogP contribution in [0.1, 0.15) is 70.0 Å². The van der Waals surface area contributed by atoms with Crippen molar-refractivity contribution in [1.82, 2.24) is 0 Å². The van der Waals surface area contributed by atoms with E-state index in [9.17, 15) is 57.2 Å². The number of hydrogen-bond donors (Lipinski definition) is 4. The first-order chi connectivity index (χ1) is 46.8. The molecule has 0 atom stereocenters. The molecular weight excluding hydrogens is 1320 g/mol. The fourth-order valence-electron chi connectivity index (χ4n) is 9.68. The van der Waals surface area contributed by atoms with Crippen molar-refractivity contribution in [3.63, 3.8) is 0 Å². The summed E-state index contributed by atoms with van der Waals surface area (Å²) in [6, 6.07) is 62.7. The summed E-state index contributed by atoms with van der Waals surface area (Å²) in [7, 11) is -12.3. The third-order valence-electron chi connectivity index (χ3n) is 14.7. The summed E-state index contributed by atoms with van der Waals surface area (Å²) in [6.45, 7) is 0. The largest absolute Gasteiger partial charge is 0.478 e. The molecule has 12 rings (SSSR count). The first kappa shape index (κ1) is 67.0. The van der Waals surface area contributed by atoms with Gasteiger partial charge in [-0.1, -0.05) is 139 Å². The van der Waals surface area contributed by atoms with E-state index < -0.39 is 76.9 Å². The summed E-state index contributed by atoms with van der Waals surface area (Å²) in [6.07, 6.45) is -4.69. The highest BCUT2D eigenvalue weighted by Crippen LogP contribution is 2.34. The fraction of sp³-hybridized carbons (Fsp3) is 0.0132. The predicted octanol–water partition coefficient (Wildman–Crippen LogP) is 15.4. The lowest BCUT2D eigenvalue weighted by atomic mass is 10.1. The van der Waals surface area contributed by atoms with Crippen molar-refractivity contribution < 1.29 is 71.4 Å². The van der Waals surface area contributed by atoms with E-state index in [0.29, 0.717) is 28.1 Å². The van der Waals surface area contributed by atoms with Crippen LogP contribution in [-0.2, 0) is 41.0 Å². The second-order valence-corrected chi connectivity index (χ2v) is 26.5. The van der Waals surface area contributed by atoms with Gasteiger partial charge in [-0.25, -0.2) is 48.4 Å². The van der Waals surface area contributed by atoms with Gasteiger partial charge in [0.2, 0.25) is 0 Å². The van der Waals surface area contributed by atoms with Crippen LogP contribution in [0.5, 0.6) is 0 Å². The number of fused-ring (bicyclic) bond motifs is 3. The van der Waals surface area contributed by atoms with Crippen molar-refractivity contribution in [3.8, 4) is 35.5 Å². The predicted molar refractivity (Wildman–Crippen MR) is 362 cm³/mol. The number of aromatic carboxylic acids is 1. The minimum Gasteiger partial charge on any atom is -0.478 e. The first-order valence-corrected chi connectivity index (χ1v) is 33.5. The highest BCUT2D eigenvalue weighted by atomic mass is 32.2. The Labute approximate surface area is 558 Å². The zero-order valence-corrected chi connectivity index (χ0v) is 52.8. The molecule has 0 amide bonds. The smallest absolute Gasteiger partial charge is 0.416 e. The Balaban J connectivity index is 0.000000234. The number of benzene rings is 12. The van der Waals surface area contributed by atoms with E-state index in [2.05, 4.69) is 49.7 Å². The molecule has 22 heteroatoms. The topological polar surface area (TPSA) is 219 Å². The van der Waals surface area contributed by atoms with E-state index >= 15 is 4.39 Å². The number of carboxylic acids is 1. The number of halogens is 5. The van der Waals surface area contributed by atoms with Gasteiger partial charge in [0, 0.05) is 27.8 Å². The molecule has 0 unspecified atom stereocenters. The molecule has 0 aliphatic heterocycles. The monoisotopic (exact) mass is 1370 g/mol. The Hall–Kier alpha value is -12.4. The summed E-state index contributed by atoms with van der Waals surface area (Å²) < 4.78 is 161. The van der Waals surface area contributed by atoms with Gasteiger partial charge < -0.3 is 9.84 Å². The molecule has 484 valence electrons. The molecule has 0 saturated carbocycles. The van der Waals surface area contributed by atoms with Crippen molar-refractivity contribution in [2.75, 3.05) is 14.2 Å². The van der Waals surface area contributed by atoms with Gasteiger partial charge in [0.15, 0.2) is 0 Å². The number of esters is 2. The molecule has 0 spiro atoms. The number of ether oxygens (including phenoxy) is 1. The van der Waals surface area contributed by atoms with Crippen LogP contribution in [0.4, 0.5) is 39.0 Å². The maximum atomic E-state index is 15.2. The Kier molecular flexibility index (Phi) is 19.3. The number of carbonyl (C=O) groups is 3. The van der Waals surface area contributed by atoms with Gasteiger partial charge in [-0.3, -0.25) is 14.2 Å². The number of alkyl halides is 3. The second kappa shape index (κ2) is 28.3. The van der Waals surface area contributed by atoms with Gasteiger partial charge >= 0.3 is 24.1 Å². The number of nitrogens with one attached hydrogen (secondary N) is 3. The zero-order chi connectivity index (χ0) is 69.4. The lowest BCUT2D eigenvalue weighted by Crippen LogP contribution is -2.15. The number of hydrogen-bond acceptors (Lipinski definition) is 10. The SMILES string of the molecule is O=C(O)c1ccc(C#Cc2ccc(C(F)(F)F)cc2NS(=O)(=O)c2ccc3ccccc3c2)cc1.O=C(OC(=O)c1ccc(C#Cc2ccccc2NS(=O)(=O)c2ccc3ccccc3c2)cc1F)c1ccc(C#Cc2cc(F)ccc2NS(=O)(=O)c2ccc3ccccc3c2)cc1. The van der Waals surface area contributed by atoms with Crippen molar-refractivity contribution >= 4 is 97.4 Å². The molecule has 14 nitrogen and oxygen atoms in total. The number of carboxylic acid groups (broad SMARTS) is 1. The molecule has 0 bridgehead atoms. The van der Waals surface area contributed by atoms with Crippen molar-refractivity contribution in [2.24, 2.45) is 0 Å². The second-order valence-electron chi connectivity index (χ2n) is 21.4. The highest BCUT2D eigenvalue weighted by molar-refractivity contribution is 7.93. The normalized spacial score (nSPS) is 11.3. The molecule has 0 fully saturated rings. The third kappa shape index (κ3) is 16.2. The van der Waals surface area contributed by atoms with Gasteiger partial charge in [-0.05, 0) is 184 Å². The van der Waals surface area contributed by atoms with E-state index in [1.54, 1.807) is 78.9 Å². The minimum atomic E-state index is -4.69. The minimum absolute atomic E-state index is 0.0111. The van der Waals surface area contributed by atoms with E-state index in [1.165, 1.54) is 91.0 Å². The highest BCUT2D eigenvalue weighted by Gasteiger charge is 2.32. The molecule has 0 saturated heterocycles. The van der Waals surface area contributed by atoms with E-state index in [1.807, 2.05) is 42.5 Å². The summed E-state index contributed by atoms with van der Waals surface area (Å²) in [5.41, 5.74) is -0.341. The molecule has 4 N–H and O–H groups in total. The molecule has 0 aliphatic carbocycles. The first-order valence-electron chi connectivity index (χ1n) is 29.0. The number of anilines is 3. The molecule has 0 aliphatic rings. The quantitative estimate of drug-likeness (QED) is 0.0390. The van der Waals surface area contributed by atoms with E-state index in [4.69, 9.17) is 9.84 Å². The fourth-order valence-corrected chi connectivity index (χ4v) is 13.0. The molecule has 0 heterocycles. The van der Waals surface area contributed by atoms with Crippen LogP contribution >= 0.6 is 0 Å². The zero-order valence-electron chi connectivity index (χ0n) is 50.4. The van der Waals surface area contributed by atoms with Crippen molar-refractivity contribution in [1.29, 1.82) is 0 Å². The van der Waals surface area contributed by atoms with Gasteiger partial charge in [-0.2, -0.15) is 13.2 Å². The molecule has 12 aromatic rings. The molecule has 98 heavy (non-hydrogen) atoms. The Morgan fingerprint density at radius 1 is 0.367 bits per heavy atom. The average Bonchev–Trinajstić information content (AvgIpc) is 0.813. The number of sulfonamides is 3. The third-order valence-corrected chi connectivity index (χ3v) is 18.8. The molecular formula is C76H46F5N3O11S3. The molecule has 0 radical (unpaired) electrons. The van der Waals surface area contributed by atoms with Crippen molar-refractivity contribution in [2.45, 2.75) is 20.9 Å². The summed E-state index contributed by atoms with van der Waals surface area (Å²) in [5, 5.41) is 13.7. The Morgan fingerprint density at radius 3 is 1.28 bits per heavy atom. The van der Waals surface area contributed by atoms with Gasteiger partial charge in [0.05, 0.1) is 59.6 Å². The lowest BCUT2D eigenvalue weighted by Gasteiger charge is -2.14. The number of carbonyl (C=O) groups excluding carboxylic acids is 2. The lowest BCUT2D eigenvalue weighted by molar-refractivity contribution is -0.137. The van der Waals surface area contributed by atoms with Gasteiger partial charge in [-0.15, -0.1) is 0 Å². The van der Waals surface area contributed by atoms with Crippen LogP contribution < -0.4 is 14.2 Å². The van der Waals surface area contributed by atoms with Crippen LogP contribution in [0.25, 0.3) is 32.3 Å². The van der Waals surface area contributed by atoms with E-state index in [-0.39, 0.29) is 59.6 Å². The Morgan fingerprint density at radius 2 is 0.786 bits per heavy atom. The molecule has 12 aromatic carbocycles. The molecule has 0 aromatic heterocycles. The average molecular weight is 1370 g/mol.